The molecule has 0 atom stereocenters. The van der Waals surface area contributed by atoms with Gasteiger partial charge in [0.25, 0.3) is 5.91 Å². The molecule has 7 nitrogen and oxygen atoms in total. The quantitative estimate of drug-likeness (QED) is 0.507. The Balaban J connectivity index is 1.52. The van der Waals surface area contributed by atoms with Crippen molar-refractivity contribution in [1.29, 1.82) is 0 Å². The van der Waals surface area contributed by atoms with Gasteiger partial charge in [0.05, 0.1) is 27.4 Å². The molecule has 2 aromatic carbocycles. The number of ether oxygens (including phenoxy) is 1. The number of carbonyl (C=O) groups is 1. The Morgan fingerprint density at radius 3 is 2.81 bits per heavy atom. The van der Waals surface area contributed by atoms with E-state index in [-0.39, 0.29) is 10.9 Å². The fourth-order valence-corrected chi connectivity index (χ4v) is 4.04. The highest BCUT2D eigenvalue weighted by molar-refractivity contribution is 8.18. The van der Waals surface area contributed by atoms with Gasteiger partial charge in [-0.05, 0) is 60.2 Å². The highest BCUT2D eigenvalue weighted by Crippen LogP contribution is 2.30. The van der Waals surface area contributed by atoms with Crippen molar-refractivity contribution in [3.05, 3.63) is 63.3 Å². The van der Waals surface area contributed by atoms with Gasteiger partial charge in [0, 0.05) is 13.6 Å². The first-order valence-corrected chi connectivity index (χ1v) is 11.0. The van der Waals surface area contributed by atoms with E-state index < -0.39 is 5.82 Å². The zero-order chi connectivity index (χ0) is 22.7. The van der Waals surface area contributed by atoms with Crippen molar-refractivity contribution in [3.63, 3.8) is 0 Å². The lowest BCUT2D eigenvalue weighted by atomic mass is 10.1. The van der Waals surface area contributed by atoms with Gasteiger partial charge >= 0.3 is 0 Å². The van der Waals surface area contributed by atoms with E-state index in [4.69, 9.17) is 16.3 Å². The van der Waals surface area contributed by atoms with Crippen LogP contribution in [0.25, 0.3) is 17.0 Å². The van der Waals surface area contributed by atoms with Crippen LogP contribution in [0.1, 0.15) is 18.1 Å². The summed E-state index contributed by atoms with van der Waals surface area (Å²) in [5, 5.41) is 7.28. The second kappa shape index (κ2) is 9.54. The predicted octanol–water partition coefficient (Wildman–Crippen LogP) is 4.62. The van der Waals surface area contributed by atoms with Gasteiger partial charge in [0.15, 0.2) is 5.17 Å². The molecule has 0 radical (unpaired) electrons. The number of nitrogens with zero attached hydrogens (tertiary/aromatic N) is 3. The number of aromatic nitrogens is 2. The maximum Gasteiger partial charge on any atom is 0.286 e. The fraction of sp³-hybridized carbons (Fsp3) is 0.182. The second-order valence-corrected chi connectivity index (χ2v) is 8.18. The van der Waals surface area contributed by atoms with Crippen molar-refractivity contribution < 1.29 is 13.9 Å². The molecule has 10 heteroatoms. The van der Waals surface area contributed by atoms with Crippen LogP contribution in [0.15, 0.2) is 46.3 Å². The summed E-state index contributed by atoms with van der Waals surface area (Å²) in [5.41, 5.74) is 2.32. The van der Waals surface area contributed by atoms with Gasteiger partial charge in [-0.1, -0.05) is 23.7 Å². The SMILES string of the molecule is CCOc1nc(NC)nc2ccc(C=C3SC(NCc4ccc(F)c(Cl)c4)=NC3=O)cc12. The smallest absolute Gasteiger partial charge is 0.286 e. The molecule has 0 fully saturated rings. The third-order valence-electron chi connectivity index (χ3n) is 4.54. The molecule has 0 aliphatic carbocycles. The summed E-state index contributed by atoms with van der Waals surface area (Å²) in [4.78, 5) is 25.7. The Bertz CT molecular complexity index is 1260. The molecule has 1 aliphatic heterocycles. The van der Waals surface area contributed by atoms with Gasteiger partial charge in [-0.3, -0.25) is 4.79 Å². The molecule has 3 aromatic rings. The molecule has 2 N–H and O–H groups in total. The van der Waals surface area contributed by atoms with E-state index in [2.05, 4.69) is 25.6 Å². The normalized spacial score (nSPS) is 14.7. The largest absolute Gasteiger partial charge is 0.477 e. The number of thioether (sulfide) groups is 1. The van der Waals surface area contributed by atoms with E-state index in [1.54, 1.807) is 19.2 Å². The number of nitrogens with one attached hydrogen (secondary N) is 2. The van der Waals surface area contributed by atoms with E-state index in [1.165, 1.54) is 23.9 Å². The van der Waals surface area contributed by atoms with Crippen LogP contribution in [0.3, 0.4) is 0 Å². The van der Waals surface area contributed by atoms with Crippen LogP contribution in [0.4, 0.5) is 10.3 Å². The van der Waals surface area contributed by atoms with Crippen LogP contribution in [-0.4, -0.2) is 34.7 Å². The Morgan fingerprint density at radius 2 is 2.06 bits per heavy atom. The molecular formula is C22H19ClFN5O2S. The van der Waals surface area contributed by atoms with E-state index in [0.29, 0.717) is 35.1 Å². The van der Waals surface area contributed by atoms with Crippen LogP contribution in [-0.2, 0) is 11.3 Å². The number of halogens is 2. The molecule has 4 rings (SSSR count). The number of hydrogen-bond acceptors (Lipinski definition) is 7. The summed E-state index contributed by atoms with van der Waals surface area (Å²) >= 11 is 7.05. The van der Waals surface area contributed by atoms with E-state index in [0.717, 1.165) is 22.0 Å². The summed E-state index contributed by atoms with van der Waals surface area (Å²) in [6, 6.07) is 10.1. The van der Waals surface area contributed by atoms with Crippen LogP contribution in [0, 0.1) is 5.82 Å². The molecule has 1 amide bonds. The highest BCUT2D eigenvalue weighted by Gasteiger charge is 2.22. The molecule has 0 unspecified atom stereocenters. The topological polar surface area (TPSA) is 88.5 Å². The molecule has 164 valence electrons. The van der Waals surface area contributed by atoms with Gasteiger partial charge in [0.2, 0.25) is 11.8 Å². The first-order chi connectivity index (χ1) is 15.5. The number of aliphatic imine (C=N–C) groups is 1. The molecule has 1 aliphatic rings. The summed E-state index contributed by atoms with van der Waals surface area (Å²) in [5.74, 6) is 0.143. The van der Waals surface area contributed by atoms with Crippen molar-refractivity contribution in [2.75, 3.05) is 19.0 Å². The summed E-state index contributed by atoms with van der Waals surface area (Å²) in [6.07, 6.45) is 1.76. The van der Waals surface area contributed by atoms with Gasteiger partial charge in [-0.15, -0.1) is 0 Å². The molecular weight excluding hydrogens is 453 g/mol. The van der Waals surface area contributed by atoms with Gasteiger partial charge in [-0.2, -0.15) is 9.98 Å². The molecule has 0 spiro atoms. The van der Waals surface area contributed by atoms with E-state index in [9.17, 15) is 9.18 Å². The Labute approximate surface area is 193 Å². The minimum Gasteiger partial charge on any atom is -0.477 e. The maximum absolute atomic E-state index is 13.3. The first kappa shape index (κ1) is 22.0. The van der Waals surface area contributed by atoms with Crippen LogP contribution < -0.4 is 15.4 Å². The molecule has 0 bridgehead atoms. The van der Waals surface area contributed by atoms with E-state index >= 15 is 0 Å². The number of anilines is 1. The second-order valence-electron chi connectivity index (χ2n) is 6.75. The first-order valence-electron chi connectivity index (χ1n) is 9.79. The predicted molar refractivity (Wildman–Crippen MR) is 127 cm³/mol. The van der Waals surface area contributed by atoms with Crippen molar-refractivity contribution in [1.82, 2.24) is 15.3 Å². The minimum atomic E-state index is -0.473. The third kappa shape index (κ3) is 4.84. The zero-order valence-corrected chi connectivity index (χ0v) is 18.9. The lowest BCUT2D eigenvalue weighted by Gasteiger charge is -2.09. The monoisotopic (exact) mass is 471 g/mol. The molecule has 32 heavy (non-hydrogen) atoms. The van der Waals surface area contributed by atoms with Gasteiger partial charge in [-0.25, -0.2) is 9.37 Å². The number of rotatable bonds is 6. The number of hydrogen-bond donors (Lipinski definition) is 2. The summed E-state index contributed by atoms with van der Waals surface area (Å²) < 4.78 is 19.0. The standard InChI is InChI=1S/C22H19ClFN5O2S/c1-3-31-20-14-8-12(5-7-17(14)27-21(25-2)29-20)10-18-19(30)28-22(32-18)26-11-13-4-6-16(24)15(23)9-13/h4-10H,3,11H2,1-2H3,(H,25,27,29)(H,26,28,30). The molecule has 0 saturated heterocycles. The Hall–Kier alpha value is -3.17. The molecule has 0 saturated carbocycles. The zero-order valence-electron chi connectivity index (χ0n) is 17.3. The van der Waals surface area contributed by atoms with Crippen LogP contribution in [0.2, 0.25) is 5.02 Å². The van der Waals surface area contributed by atoms with Crippen LogP contribution >= 0.6 is 23.4 Å². The van der Waals surface area contributed by atoms with Gasteiger partial charge in [0.1, 0.15) is 5.82 Å². The van der Waals surface area contributed by atoms with Gasteiger partial charge < -0.3 is 15.4 Å². The van der Waals surface area contributed by atoms with Crippen molar-refractivity contribution in [3.8, 4) is 5.88 Å². The average Bonchev–Trinajstić information content (AvgIpc) is 3.14. The number of benzene rings is 2. The maximum atomic E-state index is 13.3. The van der Waals surface area contributed by atoms with Crippen molar-refractivity contribution in [2.24, 2.45) is 4.99 Å². The highest BCUT2D eigenvalue weighted by atomic mass is 35.5. The van der Waals surface area contributed by atoms with Crippen molar-refractivity contribution >= 4 is 57.4 Å². The molecule has 2 heterocycles. The Morgan fingerprint density at radius 1 is 1.22 bits per heavy atom. The number of fused-ring (bicyclic) bond motifs is 1. The summed E-state index contributed by atoms with van der Waals surface area (Å²) in [7, 11) is 1.74. The number of carbonyl (C=O) groups excluding carboxylic acids is 1. The minimum absolute atomic E-state index is 0.0514. The molecule has 1 aromatic heterocycles. The number of amides is 1. The van der Waals surface area contributed by atoms with Crippen LogP contribution in [0.5, 0.6) is 5.88 Å². The lowest BCUT2D eigenvalue weighted by Crippen LogP contribution is -2.18. The average molecular weight is 472 g/mol. The van der Waals surface area contributed by atoms with E-state index in [1.807, 2.05) is 25.1 Å². The lowest BCUT2D eigenvalue weighted by molar-refractivity contribution is -0.113. The number of amidine groups is 1. The Kier molecular flexibility index (Phi) is 6.57. The van der Waals surface area contributed by atoms with Crippen molar-refractivity contribution in [2.45, 2.75) is 13.5 Å². The summed E-state index contributed by atoms with van der Waals surface area (Å²) in [6.45, 7) is 2.72. The fourth-order valence-electron chi connectivity index (χ4n) is 3.03. The third-order valence-corrected chi connectivity index (χ3v) is 5.77.